The number of rotatable bonds is 9. The zero-order valence-corrected chi connectivity index (χ0v) is 18.9. The molecule has 5 heteroatoms. The number of carbonyl (C=O) groups excluding carboxylic acids is 2. The summed E-state index contributed by atoms with van der Waals surface area (Å²) in [6.07, 6.45) is 2.26. The molecule has 1 aliphatic rings. The first-order valence-electron chi connectivity index (χ1n) is 11.5. The van der Waals surface area contributed by atoms with Gasteiger partial charge < -0.3 is 15.4 Å². The number of aryl methyl sites for hydroxylation is 1. The number of nitrogens with one attached hydrogen (secondary N) is 2. The largest absolute Gasteiger partial charge is 0.494 e. The maximum Gasteiger partial charge on any atom is 0.224 e. The molecule has 0 aliphatic carbocycles. The van der Waals surface area contributed by atoms with Crippen LogP contribution in [0, 0.1) is 0 Å². The van der Waals surface area contributed by atoms with Gasteiger partial charge in [-0.2, -0.15) is 0 Å². The van der Waals surface area contributed by atoms with Gasteiger partial charge in [0, 0.05) is 30.5 Å². The van der Waals surface area contributed by atoms with Crippen LogP contribution in [0.2, 0.25) is 0 Å². The predicted octanol–water partition coefficient (Wildman–Crippen LogP) is 5.07. The number of anilines is 1. The number of fused-ring (bicyclic) bond motifs is 1. The van der Waals surface area contributed by atoms with Crippen molar-refractivity contribution in [2.75, 3.05) is 11.9 Å². The Morgan fingerprint density at radius 1 is 0.970 bits per heavy atom. The molecule has 1 aliphatic heterocycles. The van der Waals surface area contributed by atoms with E-state index >= 15 is 0 Å². The Kier molecular flexibility index (Phi) is 7.40. The van der Waals surface area contributed by atoms with Gasteiger partial charge in [-0.25, -0.2) is 0 Å². The maximum absolute atomic E-state index is 12.6. The van der Waals surface area contributed by atoms with E-state index in [-0.39, 0.29) is 23.8 Å². The van der Waals surface area contributed by atoms with Crippen LogP contribution >= 0.6 is 0 Å². The van der Waals surface area contributed by atoms with E-state index in [1.807, 2.05) is 54.6 Å². The Morgan fingerprint density at radius 2 is 1.64 bits per heavy atom. The second-order valence-electron chi connectivity index (χ2n) is 8.47. The van der Waals surface area contributed by atoms with E-state index in [9.17, 15) is 9.59 Å². The lowest BCUT2D eigenvalue weighted by molar-refractivity contribution is -0.122. The number of benzene rings is 3. The lowest BCUT2D eigenvalue weighted by Gasteiger charge is -2.26. The van der Waals surface area contributed by atoms with Crippen LogP contribution in [0.25, 0.3) is 0 Å². The number of hydrogen-bond donors (Lipinski definition) is 2. The summed E-state index contributed by atoms with van der Waals surface area (Å²) in [4.78, 5) is 24.1. The lowest BCUT2D eigenvalue weighted by atomic mass is 9.86. The van der Waals surface area contributed by atoms with Gasteiger partial charge in [0.05, 0.1) is 6.61 Å². The second kappa shape index (κ2) is 10.8. The van der Waals surface area contributed by atoms with Crippen LogP contribution in [0.5, 0.6) is 5.75 Å². The molecule has 170 valence electrons. The molecule has 0 spiro atoms. The van der Waals surface area contributed by atoms with Crippen LogP contribution in [0.15, 0.2) is 78.9 Å². The van der Waals surface area contributed by atoms with Crippen molar-refractivity contribution in [3.05, 3.63) is 95.6 Å². The van der Waals surface area contributed by atoms with Gasteiger partial charge in [0.25, 0.3) is 0 Å². The van der Waals surface area contributed by atoms with Crippen LogP contribution in [0.1, 0.15) is 48.8 Å². The molecule has 0 saturated heterocycles. The molecule has 1 unspecified atom stereocenters. The summed E-state index contributed by atoms with van der Waals surface area (Å²) < 4.78 is 5.85. The minimum absolute atomic E-state index is 0.0242. The number of ether oxygens (including phenoxy) is 1. The fourth-order valence-electron chi connectivity index (χ4n) is 4.37. The van der Waals surface area contributed by atoms with Crippen molar-refractivity contribution in [1.82, 2.24) is 5.32 Å². The fraction of sp³-hybridized carbons (Fsp3) is 0.286. The van der Waals surface area contributed by atoms with E-state index in [4.69, 9.17) is 4.74 Å². The molecule has 2 N–H and O–H groups in total. The highest BCUT2D eigenvalue weighted by Gasteiger charge is 2.22. The summed E-state index contributed by atoms with van der Waals surface area (Å²) in [7, 11) is 0. The lowest BCUT2D eigenvalue weighted by Crippen LogP contribution is -2.37. The molecule has 4 rings (SSSR count). The highest BCUT2D eigenvalue weighted by atomic mass is 16.5. The summed E-state index contributed by atoms with van der Waals surface area (Å²) in [5.41, 5.74) is 4.32. The smallest absolute Gasteiger partial charge is 0.224 e. The van der Waals surface area contributed by atoms with Crippen molar-refractivity contribution < 1.29 is 14.3 Å². The summed E-state index contributed by atoms with van der Waals surface area (Å²) >= 11 is 0. The van der Waals surface area contributed by atoms with Gasteiger partial charge in [-0.1, -0.05) is 60.7 Å². The van der Waals surface area contributed by atoms with Crippen LogP contribution in [-0.2, 0) is 16.0 Å². The molecular weight excluding hydrogens is 412 g/mol. The number of carbonyl (C=O) groups is 2. The Labute approximate surface area is 195 Å². The maximum atomic E-state index is 12.6. The standard InChI is InChI=1S/C28H30N2O3/c1-20(28(21-9-4-2-5-10-21)22-11-6-3-7-12-22)29-26(31)13-8-18-33-24-15-16-25-23(19-24)14-17-27(32)30-25/h2-7,9-12,15-16,19-20,28H,8,13-14,17-18H2,1H3,(H,29,31)(H,30,32). The van der Waals surface area contributed by atoms with Crippen LogP contribution in [-0.4, -0.2) is 24.5 Å². The summed E-state index contributed by atoms with van der Waals surface area (Å²) in [5, 5.41) is 6.06. The molecule has 0 fully saturated rings. The zero-order chi connectivity index (χ0) is 23.0. The Bertz CT molecular complexity index is 1040. The molecular formula is C28H30N2O3. The Hall–Kier alpha value is -3.60. The molecule has 0 radical (unpaired) electrons. The van der Waals surface area contributed by atoms with Gasteiger partial charge in [-0.05, 0) is 54.7 Å². The van der Waals surface area contributed by atoms with Crippen LogP contribution in [0.3, 0.4) is 0 Å². The highest BCUT2D eigenvalue weighted by molar-refractivity contribution is 5.94. The minimum Gasteiger partial charge on any atom is -0.494 e. The van der Waals surface area contributed by atoms with Crippen molar-refractivity contribution in [3.8, 4) is 5.75 Å². The molecule has 3 aromatic carbocycles. The van der Waals surface area contributed by atoms with E-state index in [1.54, 1.807) is 0 Å². The average Bonchev–Trinajstić information content (AvgIpc) is 2.83. The third-order valence-corrected chi connectivity index (χ3v) is 6.00. The number of hydrogen-bond acceptors (Lipinski definition) is 3. The molecule has 3 aromatic rings. The van der Waals surface area contributed by atoms with Crippen LogP contribution < -0.4 is 15.4 Å². The predicted molar refractivity (Wildman–Crippen MR) is 130 cm³/mol. The van der Waals surface area contributed by atoms with Gasteiger partial charge in [-0.3, -0.25) is 9.59 Å². The van der Waals surface area contributed by atoms with Crippen LogP contribution in [0.4, 0.5) is 5.69 Å². The first kappa shape index (κ1) is 22.6. The van der Waals surface area contributed by atoms with E-state index in [2.05, 4.69) is 41.8 Å². The monoisotopic (exact) mass is 442 g/mol. The van der Waals surface area contributed by atoms with Crippen molar-refractivity contribution >= 4 is 17.5 Å². The molecule has 1 atom stereocenters. The topological polar surface area (TPSA) is 67.4 Å². The normalized spacial score (nSPS) is 13.7. The summed E-state index contributed by atoms with van der Waals surface area (Å²) in [6, 6.07) is 26.3. The molecule has 33 heavy (non-hydrogen) atoms. The van der Waals surface area contributed by atoms with E-state index < -0.39 is 0 Å². The van der Waals surface area contributed by atoms with Gasteiger partial charge >= 0.3 is 0 Å². The average molecular weight is 443 g/mol. The van der Waals surface area contributed by atoms with Gasteiger partial charge in [0.15, 0.2) is 0 Å². The summed E-state index contributed by atoms with van der Waals surface area (Å²) in [6.45, 7) is 2.53. The van der Waals surface area contributed by atoms with E-state index in [1.165, 1.54) is 11.1 Å². The number of amides is 2. The van der Waals surface area contributed by atoms with E-state index in [0.29, 0.717) is 25.9 Å². The molecule has 1 heterocycles. The van der Waals surface area contributed by atoms with E-state index in [0.717, 1.165) is 23.4 Å². The van der Waals surface area contributed by atoms with Gasteiger partial charge in [-0.15, -0.1) is 0 Å². The van der Waals surface area contributed by atoms with Gasteiger partial charge in [0.1, 0.15) is 5.75 Å². The Balaban J connectivity index is 1.28. The van der Waals surface area contributed by atoms with Crippen molar-refractivity contribution in [2.45, 2.75) is 44.6 Å². The second-order valence-corrected chi connectivity index (χ2v) is 8.47. The third kappa shape index (κ3) is 6.01. The zero-order valence-electron chi connectivity index (χ0n) is 18.9. The quantitative estimate of drug-likeness (QED) is 0.455. The minimum atomic E-state index is -0.0425. The highest BCUT2D eigenvalue weighted by Crippen LogP contribution is 2.28. The molecule has 0 bridgehead atoms. The molecule has 0 saturated carbocycles. The van der Waals surface area contributed by atoms with Crippen molar-refractivity contribution in [2.24, 2.45) is 0 Å². The summed E-state index contributed by atoms with van der Waals surface area (Å²) in [5.74, 6) is 0.935. The SMILES string of the molecule is CC(NC(=O)CCCOc1ccc2c(c1)CCC(=O)N2)C(c1ccccc1)c1ccccc1. The first-order chi connectivity index (χ1) is 16.1. The van der Waals surface area contributed by atoms with Crippen molar-refractivity contribution in [3.63, 3.8) is 0 Å². The molecule has 0 aromatic heterocycles. The fourth-order valence-corrected chi connectivity index (χ4v) is 4.37. The molecule has 2 amide bonds. The Morgan fingerprint density at radius 3 is 2.30 bits per heavy atom. The van der Waals surface area contributed by atoms with Crippen molar-refractivity contribution in [1.29, 1.82) is 0 Å². The first-order valence-corrected chi connectivity index (χ1v) is 11.5. The molecule has 5 nitrogen and oxygen atoms in total. The third-order valence-electron chi connectivity index (χ3n) is 6.00. The van der Waals surface area contributed by atoms with Gasteiger partial charge in [0.2, 0.25) is 11.8 Å².